The molecule has 0 aromatic carbocycles. The molecule has 0 radical (unpaired) electrons. The van der Waals surface area contributed by atoms with Crippen LogP contribution in [0.3, 0.4) is 0 Å². The van der Waals surface area contributed by atoms with Gasteiger partial charge in [0.2, 0.25) is 0 Å². The van der Waals surface area contributed by atoms with Crippen molar-refractivity contribution in [2.45, 2.75) is 63.0 Å². The van der Waals surface area contributed by atoms with Crippen molar-refractivity contribution < 1.29 is 13.2 Å². The summed E-state index contributed by atoms with van der Waals surface area (Å²) in [5.74, 6) is 7.29. The molecule has 1 aliphatic carbocycles. The van der Waals surface area contributed by atoms with Crippen LogP contribution in [0.2, 0.25) is 0 Å². The quantitative estimate of drug-likeness (QED) is 0.605. The Morgan fingerprint density at radius 3 is 2.67 bits per heavy atom. The van der Waals surface area contributed by atoms with Crippen molar-refractivity contribution in [2.24, 2.45) is 17.7 Å². The van der Waals surface area contributed by atoms with Crippen LogP contribution in [0.1, 0.15) is 51.4 Å². The summed E-state index contributed by atoms with van der Waals surface area (Å²) < 4.78 is 29.3. The van der Waals surface area contributed by atoms with Crippen molar-refractivity contribution >= 4 is 9.84 Å². The zero-order valence-electron chi connectivity index (χ0n) is 12.7. The van der Waals surface area contributed by atoms with Crippen LogP contribution < -0.4 is 11.3 Å². The number of rotatable bonds is 4. The Balaban J connectivity index is 1.60. The first-order chi connectivity index (χ1) is 10.0. The lowest BCUT2D eigenvalue weighted by molar-refractivity contribution is -0.0988. The first kappa shape index (κ1) is 15.7. The Bertz CT molecular complexity index is 460. The molecule has 3 unspecified atom stereocenters. The van der Waals surface area contributed by atoms with E-state index < -0.39 is 9.84 Å². The van der Waals surface area contributed by atoms with Gasteiger partial charge >= 0.3 is 0 Å². The summed E-state index contributed by atoms with van der Waals surface area (Å²) in [6, 6.07) is 0.227. The summed E-state index contributed by atoms with van der Waals surface area (Å²) in [6.07, 6.45) is 8.71. The standard InChI is InChI=1S/C15H28N2O3S/c16-17-14(9-12-4-8-21(18,19)11-12)13-3-7-20-15(10-13)5-1-2-6-15/h12-14,17H,1-11,16H2. The number of nitrogens with two attached hydrogens (primary N) is 1. The molecule has 2 saturated heterocycles. The van der Waals surface area contributed by atoms with E-state index in [1.54, 1.807) is 0 Å². The second-order valence-corrected chi connectivity index (χ2v) is 9.50. The zero-order chi connectivity index (χ0) is 14.9. The predicted molar refractivity (Wildman–Crippen MR) is 82.4 cm³/mol. The van der Waals surface area contributed by atoms with Crippen molar-refractivity contribution in [1.29, 1.82) is 0 Å². The van der Waals surface area contributed by atoms with E-state index in [9.17, 15) is 8.42 Å². The predicted octanol–water partition coefficient (Wildman–Crippen LogP) is 1.38. The van der Waals surface area contributed by atoms with Crippen LogP contribution in [-0.4, -0.2) is 38.2 Å². The molecule has 0 aromatic heterocycles. The number of ether oxygens (including phenoxy) is 1. The lowest BCUT2D eigenvalue weighted by Crippen LogP contribution is -2.48. The molecule has 21 heavy (non-hydrogen) atoms. The van der Waals surface area contributed by atoms with Crippen molar-refractivity contribution in [3.8, 4) is 0 Å². The topological polar surface area (TPSA) is 81.4 Å². The van der Waals surface area contributed by atoms with Gasteiger partial charge in [-0.2, -0.15) is 0 Å². The summed E-state index contributed by atoms with van der Waals surface area (Å²) >= 11 is 0. The minimum absolute atomic E-state index is 0.0970. The van der Waals surface area contributed by atoms with Gasteiger partial charge in [0.1, 0.15) is 0 Å². The molecule has 3 aliphatic rings. The number of sulfone groups is 1. The van der Waals surface area contributed by atoms with Crippen molar-refractivity contribution in [3.05, 3.63) is 0 Å². The minimum Gasteiger partial charge on any atom is -0.375 e. The van der Waals surface area contributed by atoms with E-state index in [4.69, 9.17) is 10.6 Å². The Labute approximate surface area is 127 Å². The number of hydrogen-bond donors (Lipinski definition) is 2. The monoisotopic (exact) mass is 316 g/mol. The van der Waals surface area contributed by atoms with Gasteiger partial charge in [0, 0.05) is 12.6 Å². The second kappa shape index (κ2) is 6.14. The molecule has 3 N–H and O–H groups in total. The van der Waals surface area contributed by atoms with Gasteiger partial charge in [-0.3, -0.25) is 11.3 Å². The third-order valence-electron chi connectivity index (χ3n) is 5.74. The summed E-state index contributed by atoms with van der Waals surface area (Å²) in [6.45, 7) is 0.825. The minimum atomic E-state index is -2.80. The summed E-state index contributed by atoms with van der Waals surface area (Å²) in [5.41, 5.74) is 3.08. The number of hydrogen-bond acceptors (Lipinski definition) is 5. The third-order valence-corrected chi connectivity index (χ3v) is 7.58. The summed E-state index contributed by atoms with van der Waals surface area (Å²) in [4.78, 5) is 0. The lowest BCUT2D eigenvalue weighted by atomic mass is 9.78. The first-order valence-corrected chi connectivity index (χ1v) is 10.1. The van der Waals surface area contributed by atoms with Crippen LogP contribution in [0.25, 0.3) is 0 Å². The summed E-state index contributed by atoms with van der Waals surface area (Å²) in [5, 5.41) is 0. The first-order valence-electron chi connectivity index (χ1n) is 8.32. The maximum Gasteiger partial charge on any atom is 0.150 e. The molecule has 5 nitrogen and oxygen atoms in total. The van der Waals surface area contributed by atoms with Crippen LogP contribution >= 0.6 is 0 Å². The van der Waals surface area contributed by atoms with Gasteiger partial charge in [-0.1, -0.05) is 12.8 Å². The van der Waals surface area contributed by atoms with Gasteiger partial charge < -0.3 is 4.74 Å². The normalized spacial score (nSPS) is 36.0. The van der Waals surface area contributed by atoms with E-state index in [0.29, 0.717) is 17.4 Å². The lowest BCUT2D eigenvalue weighted by Gasteiger charge is -2.41. The molecule has 3 atom stereocenters. The molecule has 2 aliphatic heterocycles. The largest absolute Gasteiger partial charge is 0.375 e. The second-order valence-electron chi connectivity index (χ2n) is 7.27. The molecule has 0 amide bonds. The van der Waals surface area contributed by atoms with Gasteiger partial charge in [0.15, 0.2) is 9.84 Å². The average Bonchev–Trinajstić information content (AvgIpc) is 3.03. The summed E-state index contributed by atoms with van der Waals surface area (Å²) in [7, 11) is -2.80. The van der Waals surface area contributed by atoms with Crippen LogP contribution in [0, 0.1) is 11.8 Å². The van der Waals surface area contributed by atoms with Gasteiger partial charge in [-0.15, -0.1) is 0 Å². The van der Waals surface area contributed by atoms with E-state index in [0.717, 1.165) is 32.3 Å². The molecule has 122 valence electrons. The highest BCUT2D eigenvalue weighted by molar-refractivity contribution is 7.91. The smallest absolute Gasteiger partial charge is 0.150 e. The van der Waals surface area contributed by atoms with Crippen molar-refractivity contribution in [1.82, 2.24) is 5.43 Å². The van der Waals surface area contributed by atoms with Crippen LogP contribution in [0.5, 0.6) is 0 Å². The molecule has 0 aromatic rings. The highest BCUT2D eigenvalue weighted by atomic mass is 32.2. The fourth-order valence-corrected chi connectivity index (χ4v) is 6.47. The number of nitrogens with one attached hydrogen (secondary N) is 1. The Kier molecular flexibility index (Phi) is 4.60. The molecule has 3 rings (SSSR count). The molecule has 1 spiro atoms. The molecular weight excluding hydrogens is 288 g/mol. The highest BCUT2D eigenvalue weighted by Gasteiger charge is 2.42. The van der Waals surface area contributed by atoms with E-state index in [1.807, 2.05) is 0 Å². The van der Waals surface area contributed by atoms with E-state index in [-0.39, 0.29) is 17.6 Å². The van der Waals surface area contributed by atoms with Gasteiger partial charge in [-0.05, 0) is 50.4 Å². The van der Waals surface area contributed by atoms with Crippen LogP contribution in [0.15, 0.2) is 0 Å². The Morgan fingerprint density at radius 2 is 2.05 bits per heavy atom. The van der Waals surface area contributed by atoms with Gasteiger partial charge in [-0.25, -0.2) is 8.42 Å². The highest BCUT2D eigenvalue weighted by Crippen LogP contribution is 2.43. The maximum absolute atomic E-state index is 11.6. The molecule has 3 fully saturated rings. The van der Waals surface area contributed by atoms with Gasteiger partial charge in [0.25, 0.3) is 0 Å². The zero-order valence-corrected chi connectivity index (χ0v) is 13.5. The number of hydrazine groups is 1. The molecule has 2 heterocycles. The van der Waals surface area contributed by atoms with Gasteiger partial charge in [0.05, 0.1) is 17.1 Å². The average molecular weight is 316 g/mol. The van der Waals surface area contributed by atoms with E-state index in [2.05, 4.69) is 5.43 Å². The Hall–Kier alpha value is -0.170. The SMILES string of the molecule is NNC(CC1CCS(=O)(=O)C1)C1CCOC2(CCCC2)C1. The van der Waals surface area contributed by atoms with Crippen molar-refractivity contribution in [2.75, 3.05) is 18.1 Å². The fraction of sp³-hybridized carbons (Fsp3) is 1.00. The molecule has 6 heteroatoms. The van der Waals surface area contributed by atoms with Crippen LogP contribution in [-0.2, 0) is 14.6 Å². The van der Waals surface area contributed by atoms with Crippen LogP contribution in [0.4, 0.5) is 0 Å². The van der Waals surface area contributed by atoms with Crippen molar-refractivity contribution in [3.63, 3.8) is 0 Å². The molecule has 0 bridgehead atoms. The third kappa shape index (κ3) is 3.60. The maximum atomic E-state index is 11.6. The van der Waals surface area contributed by atoms with E-state index >= 15 is 0 Å². The fourth-order valence-electron chi connectivity index (χ4n) is 4.59. The Morgan fingerprint density at radius 1 is 1.29 bits per heavy atom. The molecule has 1 saturated carbocycles. The molecular formula is C15H28N2O3S. The van der Waals surface area contributed by atoms with E-state index in [1.165, 1.54) is 25.7 Å².